The van der Waals surface area contributed by atoms with Crippen LogP contribution in [0.1, 0.15) is 28.5 Å². The van der Waals surface area contributed by atoms with Gasteiger partial charge in [-0.25, -0.2) is 4.79 Å². The molecular weight excluding hydrogens is 483 g/mol. The fraction of sp³-hybridized carbons (Fsp3) is 0.294. The van der Waals surface area contributed by atoms with Crippen molar-refractivity contribution >= 4 is 37.8 Å². The number of esters is 1. The maximum absolute atomic E-state index is 13.0. The molecule has 0 spiro atoms. The largest absolute Gasteiger partial charge is 0.462 e. The molecule has 1 aromatic carbocycles. The molecule has 0 aliphatic heterocycles. The third-order valence-corrected chi connectivity index (χ3v) is 4.59. The van der Waals surface area contributed by atoms with Gasteiger partial charge in [-0.1, -0.05) is 22.0 Å². The van der Waals surface area contributed by atoms with E-state index in [2.05, 4.69) is 31.9 Å². The summed E-state index contributed by atoms with van der Waals surface area (Å²) in [6.45, 7) is 1.67. The Morgan fingerprint density at radius 3 is 2.54 bits per heavy atom. The minimum atomic E-state index is -4.55. The number of aromatic nitrogens is 1. The first-order valence-corrected chi connectivity index (χ1v) is 9.47. The Balaban J connectivity index is 2.77. The lowest BCUT2D eigenvalue weighted by atomic mass is 10.1. The minimum absolute atomic E-state index is 0.0209. The summed E-state index contributed by atoms with van der Waals surface area (Å²) >= 11 is 6.56. The lowest BCUT2D eigenvalue weighted by Crippen LogP contribution is -2.29. The number of rotatable bonds is 5. The normalized spacial score (nSPS) is 11.5. The van der Waals surface area contributed by atoms with Crippen LogP contribution >= 0.6 is 31.9 Å². The van der Waals surface area contributed by atoms with E-state index in [0.29, 0.717) is 21.9 Å². The van der Waals surface area contributed by atoms with E-state index >= 15 is 0 Å². The van der Waals surface area contributed by atoms with E-state index in [0.717, 1.165) is 16.7 Å². The van der Waals surface area contributed by atoms with Crippen molar-refractivity contribution in [1.82, 2.24) is 4.57 Å². The Hall–Kier alpha value is -1.61. The number of benzene rings is 1. The average Bonchev–Trinajstić information content (AvgIpc) is 2.57. The first-order chi connectivity index (χ1) is 12.2. The maximum Gasteiger partial charge on any atom is 0.416 e. The molecule has 2 aromatic rings. The van der Waals surface area contributed by atoms with Crippen LogP contribution in [0.4, 0.5) is 13.2 Å². The highest BCUT2D eigenvalue weighted by molar-refractivity contribution is 9.10. The molecule has 9 heteroatoms. The second-order valence-corrected chi connectivity index (χ2v) is 6.85. The van der Waals surface area contributed by atoms with Gasteiger partial charge in [0.25, 0.3) is 5.56 Å². The van der Waals surface area contributed by atoms with Gasteiger partial charge in [-0.3, -0.25) is 9.36 Å². The Morgan fingerprint density at radius 1 is 1.27 bits per heavy atom. The van der Waals surface area contributed by atoms with Gasteiger partial charge >= 0.3 is 12.1 Å². The highest BCUT2D eigenvalue weighted by Crippen LogP contribution is 2.31. The first-order valence-electron chi connectivity index (χ1n) is 7.55. The Labute approximate surface area is 164 Å². The number of carbonyl (C=O) groups is 1. The van der Waals surface area contributed by atoms with Crippen LogP contribution in [0, 0.1) is 0 Å². The van der Waals surface area contributed by atoms with Gasteiger partial charge in [0, 0.05) is 21.2 Å². The summed E-state index contributed by atoms with van der Waals surface area (Å²) < 4.78 is 45.5. The topological polar surface area (TPSA) is 48.3 Å². The van der Waals surface area contributed by atoms with Gasteiger partial charge < -0.3 is 4.74 Å². The molecule has 0 atom stereocenters. The highest BCUT2D eigenvalue weighted by atomic mass is 79.9. The minimum Gasteiger partial charge on any atom is -0.462 e. The van der Waals surface area contributed by atoms with Gasteiger partial charge in [-0.05, 0) is 53.5 Å². The Kier molecular flexibility index (Phi) is 6.68. The smallest absolute Gasteiger partial charge is 0.416 e. The summed E-state index contributed by atoms with van der Waals surface area (Å²) in [4.78, 5) is 24.9. The lowest BCUT2D eigenvalue weighted by Gasteiger charge is -2.17. The monoisotopic (exact) mass is 495 g/mol. The highest BCUT2D eigenvalue weighted by Gasteiger charge is 2.31. The fourth-order valence-corrected chi connectivity index (χ4v) is 3.37. The van der Waals surface area contributed by atoms with E-state index in [9.17, 15) is 22.8 Å². The van der Waals surface area contributed by atoms with Crippen LogP contribution in [-0.2, 0) is 17.3 Å². The number of hydrogen-bond donors (Lipinski definition) is 0. The van der Waals surface area contributed by atoms with Crippen molar-refractivity contribution in [3.8, 4) is 5.69 Å². The zero-order chi connectivity index (χ0) is 19.5. The van der Waals surface area contributed by atoms with Gasteiger partial charge in [0.1, 0.15) is 5.56 Å². The molecule has 0 bridgehead atoms. The molecule has 0 saturated heterocycles. The van der Waals surface area contributed by atoms with Crippen LogP contribution in [0.2, 0.25) is 0 Å². The molecule has 0 saturated carbocycles. The predicted octanol–water partition coefficient (Wildman–Crippen LogP) is 4.73. The number of pyridine rings is 1. The van der Waals surface area contributed by atoms with Crippen LogP contribution < -0.4 is 5.56 Å². The van der Waals surface area contributed by atoms with Crippen molar-refractivity contribution in [3.05, 3.63) is 62.0 Å². The molecular formula is C17H14Br2F3NO3. The molecule has 0 aliphatic rings. The molecule has 0 aliphatic carbocycles. The van der Waals surface area contributed by atoms with Crippen molar-refractivity contribution in [2.24, 2.45) is 0 Å². The molecule has 140 valence electrons. The second kappa shape index (κ2) is 8.39. The predicted molar refractivity (Wildman–Crippen MR) is 98.2 cm³/mol. The number of ether oxygens (including phenoxy) is 1. The summed E-state index contributed by atoms with van der Waals surface area (Å²) in [5.74, 6) is -0.829. The van der Waals surface area contributed by atoms with Crippen molar-refractivity contribution in [1.29, 1.82) is 0 Å². The quantitative estimate of drug-likeness (QED) is 0.444. The number of halogens is 5. The van der Waals surface area contributed by atoms with Crippen molar-refractivity contribution in [3.63, 3.8) is 0 Å². The van der Waals surface area contributed by atoms with E-state index < -0.39 is 23.3 Å². The number of nitrogens with zero attached hydrogens (tertiary/aromatic N) is 1. The van der Waals surface area contributed by atoms with E-state index in [4.69, 9.17) is 4.74 Å². The van der Waals surface area contributed by atoms with Crippen LogP contribution in [0.15, 0.2) is 39.6 Å². The van der Waals surface area contributed by atoms with Crippen LogP contribution in [0.25, 0.3) is 5.69 Å². The summed E-state index contributed by atoms with van der Waals surface area (Å²) in [5, 5.41) is 0.475. The Morgan fingerprint density at radius 2 is 1.96 bits per heavy atom. The van der Waals surface area contributed by atoms with Gasteiger partial charge in [0.05, 0.1) is 12.2 Å². The third-order valence-electron chi connectivity index (χ3n) is 3.51. The van der Waals surface area contributed by atoms with Crippen molar-refractivity contribution < 1.29 is 22.7 Å². The molecule has 0 fully saturated rings. The molecule has 2 rings (SSSR count). The van der Waals surface area contributed by atoms with E-state index in [1.54, 1.807) is 6.92 Å². The molecule has 1 heterocycles. The molecule has 26 heavy (non-hydrogen) atoms. The molecule has 0 radical (unpaired) electrons. The second-order valence-electron chi connectivity index (χ2n) is 5.20. The van der Waals surface area contributed by atoms with E-state index in [1.165, 1.54) is 18.2 Å². The zero-order valence-electron chi connectivity index (χ0n) is 13.6. The summed E-state index contributed by atoms with van der Waals surface area (Å²) in [6.07, 6.45) is -4.19. The maximum atomic E-state index is 13.0. The zero-order valence-corrected chi connectivity index (χ0v) is 16.7. The van der Waals surface area contributed by atoms with Gasteiger partial charge in [-0.2, -0.15) is 13.2 Å². The number of alkyl halides is 4. The molecule has 0 N–H and O–H groups in total. The molecule has 0 amide bonds. The SMILES string of the molecule is CCOC(=O)c1cc(Br)c(CCBr)n(-c2cccc(C(F)(F)F)c2)c1=O. The Bertz CT molecular complexity index is 879. The number of hydrogen-bond acceptors (Lipinski definition) is 3. The van der Waals surface area contributed by atoms with Crippen LogP contribution in [-0.4, -0.2) is 22.5 Å². The molecule has 1 aromatic heterocycles. The standard InChI is InChI=1S/C17H14Br2F3NO3/c1-2-26-16(25)12-9-13(19)14(6-7-18)23(15(12)24)11-5-3-4-10(8-11)17(20,21)22/h3-5,8-9H,2,6-7H2,1H3. The average molecular weight is 497 g/mol. The first kappa shape index (κ1) is 20.7. The molecule has 4 nitrogen and oxygen atoms in total. The van der Waals surface area contributed by atoms with E-state index in [-0.39, 0.29) is 17.9 Å². The van der Waals surface area contributed by atoms with Gasteiger partial charge in [0.15, 0.2) is 0 Å². The fourth-order valence-electron chi connectivity index (χ4n) is 2.39. The van der Waals surface area contributed by atoms with Crippen molar-refractivity contribution in [2.75, 3.05) is 11.9 Å². The van der Waals surface area contributed by atoms with Crippen molar-refractivity contribution in [2.45, 2.75) is 19.5 Å². The summed E-state index contributed by atoms with van der Waals surface area (Å²) in [6, 6.07) is 5.73. The summed E-state index contributed by atoms with van der Waals surface area (Å²) in [5.41, 5.74) is -1.41. The van der Waals surface area contributed by atoms with Crippen LogP contribution in [0.5, 0.6) is 0 Å². The molecule has 0 unspecified atom stereocenters. The van der Waals surface area contributed by atoms with Gasteiger partial charge in [0.2, 0.25) is 0 Å². The lowest BCUT2D eigenvalue weighted by molar-refractivity contribution is -0.137. The van der Waals surface area contributed by atoms with Gasteiger partial charge in [-0.15, -0.1) is 0 Å². The third kappa shape index (κ3) is 4.37. The number of carbonyl (C=O) groups excluding carboxylic acids is 1. The summed E-state index contributed by atoms with van der Waals surface area (Å²) in [7, 11) is 0. The van der Waals surface area contributed by atoms with E-state index in [1.807, 2.05) is 0 Å². The van der Waals surface area contributed by atoms with Crippen LogP contribution in [0.3, 0.4) is 0 Å².